The summed E-state index contributed by atoms with van der Waals surface area (Å²) in [5.41, 5.74) is 7.40. The average Bonchev–Trinajstić information content (AvgIpc) is 3.40. The highest BCUT2D eigenvalue weighted by molar-refractivity contribution is 5.93. The molecule has 0 unspecified atom stereocenters. The first-order chi connectivity index (χ1) is 15.5. The second-order valence-electron chi connectivity index (χ2n) is 7.82. The van der Waals surface area contributed by atoms with E-state index in [1.54, 1.807) is 34.1 Å². The monoisotopic (exact) mass is 438 g/mol. The number of nitrogens with zero attached hydrogens (tertiary/aromatic N) is 6. The number of aliphatic hydroxyl groups is 1. The minimum atomic E-state index is -0.713. The number of hydrogen-bond acceptors (Lipinski definition) is 8. The van der Waals surface area contributed by atoms with Crippen LogP contribution in [0.3, 0.4) is 0 Å². The van der Waals surface area contributed by atoms with Crippen LogP contribution >= 0.6 is 0 Å². The van der Waals surface area contributed by atoms with Crippen molar-refractivity contribution in [1.29, 1.82) is 0 Å². The first kappa shape index (κ1) is 21.6. The van der Waals surface area contributed by atoms with E-state index in [0.717, 1.165) is 19.3 Å². The minimum Gasteiger partial charge on any atom is -0.389 e. The van der Waals surface area contributed by atoms with Crippen LogP contribution in [-0.2, 0) is 4.79 Å². The van der Waals surface area contributed by atoms with Gasteiger partial charge in [0.25, 0.3) is 5.91 Å². The molecule has 0 aliphatic carbocycles. The number of aliphatic hydroxyl groups excluding tert-OH is 1. The van der Waals surface area contributed by atoms with Gasteiger partial charge in [-0.25, -0.2) is 15.0 Å². The van der Waals surface area contributed by atoms with Gasteiger partial charge in [0.15, 0.2) is 11.5 Å². The zero-order valence-electron chi connectivity index (χ0n) is 17.6. The van der Waals surface area contributed by atoms with Gasteiger partial charge in [0.05, 0.1) is 24.0 Å². The number of anilines is 1. The average molecular weight is 438 g/mol. The molecule has 0 bridgehead atoms. The lowest BCUT2D eigenvalue weighted by Gasteiger charge is -2.17. The lowest BCUT2D eigenvalue weighted by molar-refractivity contribution is -0.130. The third-order valence-corrected chi connectivity index (χ3v) is 5.63. The van der Waals surface area contributed by atoms with Crippen molar-refractivity contribution in [2.75, 3.05) is 25.4 Å². The number of rotatable bonds is 8. The molecule has 0 radical (unpaired) electrons. The summed E-state index contributed by atoms with van der Waals surface area (Å²) in [6.07, 6.45) is 8.10. The van der Waals surface area contributed by atoms with Gasteiger partial charge in [-0.1, -0.05) is 6.42 Å². The molecule has 4 heterocycles. The number of carbonyl (C=O) groups is 2. The number of hydrogen-bond donors (Lipinski definition) is 3. The Morgan fingerprint density at radius 3 is 2.88 bits per heavy atom. The van der Waals surface area contributed by atoms with E-state index in [1.807, 2.05) is 0 Å². The molecule has 1 saturated heterocycles. The van der Waals surface area contributed by atoms with Crippen LogP contribution in [0.5, 0.6) is 0 Å². The fourth-order valence-electron chi connectivity index (χ4n) is 3.90. The second-order valence-corrected chi connectivity index (χ2v) is 7.82. The topological polar surface area (TPSA) is 152 Å². The van der Waals surface area contributed by atoms with Crippen molar-refractivity contribution in [3.8, 4) is 0 Å². The maximum absolute atomic E-state index is 12.6. The van der Waals surface area contributed by atoms with Crippen molar-refractivity contribution in [3.05, 3.63) is 42.7 Å². The molecule has 1 aliphatic rings. The van der Waals surface area contributed by atoms with Gasteiger partial charge >= 0.3 is 0 Å². The van der Waals surface area contributed by atoms with E-state index in [0.29, 0.717) is 36.2 Å². The molecule has 1 aliphatic heterocycles. The maximum atomic E-state index is 12.6. The van der Waals surface area contributed by atoms with Crippen LogP contribution in [0.1, 0.15) is 42.1 Å². The summed E-state index contributed by atoms with van der Waals surface area (Å²) in [5, 5.41) is 13.4. The van der Waals surface area contributed by atoms with Crippen molar-refractivity contribution in [3.63, 3.8) is 0 Å². The third-order valence-electron chi connectivity index (χ3n) is 5.63. The number of nitrogens with two attached hydrogens (primary N) is 1. The molecule has 2 amide bonds. The Kier molecular flexibility index (Phi) is 6.55. The van der Waals surface area contributed by atoms with Crippen molar-refractivity contribution >= 4 is 28.8 Å². The zero-order chi connectivity index (χ0) is 22.5. The molecular formula is C21H26N8O3. The lowest BCUT2D eigenvalue weighted by Crippen LogP contribution is -2.29. The van der Waals surface area contributed by atoms with E-state index in [4.69, 9.17) is 5.73 Å². The quantitative estimate of drug-likeness (QED) is 0.431. The van der Waals surface area contributed by atoms with Gasteiger partial charge in [0.2, 0.25) is 5.91 Å². The highest BCUT2D eigenvalue weighted by atomic mass is 16.3. The molecule has 0 spiro atoms. The van der Waals surface area contributed by atoms with E-state index >= 15 is 0 Å². The molecule has 2 atom stereocenters. The Bertz CT molecular complexity index is 1090. The molecule has 11 nitrogen and oxygen atoms in total. The molecule has 168 valence electrons. The summed E-state index contributed by atoms with van der Waals surface area (Å²) in [7, 11) is 0. The fourth-order valence-corrected chi connectivity index (χ4v) is 3.90. The Labute approximate surface area is 184 Å². The second kappa shape index (κ2) is 9.69. The number of nitrogens with one attached hydrogen (secondary N) is 1. The number of β-amino-alcohol motifs (C(OH)–C–C–N with tert-alkyl or cyclic N) is 1. The predicted octanol–water partition coefficient (Wildman–Crippen LogP) is 0.538. The number of pyridine rings is 1. The van der Waals surface area contributed by atoms with E-state index in [-0.39, 0.29) is 30.2 Å². The Morgan fingerprint density at radius 1 is 1.19 bits per heavy atom. The molecule has 32 heavy (non-hydrogen) atoms. The maximum Gasteiger partial charge on any atom is 0.252 e. The largest absolute Gasteiger partial charge is 0.389 e. The number of fused-ring (bicyclic) bond motifs is 1. The fraction of sp³-hybridized carbons (Fsp3) is 0.429. The normalized spacial score (nSPS) is 18.2. The van der Waals surface area contributed by atoms with Crippen molar-refractivity contribution < 1.29 is 14.7 Å². The standard InChI is InChI=1S/C21H26N8O3/c22-19-18-20(26-12-25-19)29(13-27-18)15-10-28(11-16(15)30)17(31)6-2-1-3-8-24-21(32)14-5-4-7-23-9-14/h4-5,7,9,12-13,15-16,30H,1-3,6,8,10-11H2,(H,24,32)(H2,22,25,26)/t15-,16-/m1/s1. The van der Waals surface area contributed by atoms with Gasteiger partial charge in [-0.3, -0.25) is 14.6 Å². The Morgan fingerprint density at radius 2 is 2.06 bits per heavy atom. The van der Waals surface area contributed by atoms with Gasteiger partial charge in [-0.05, 0) is 25.0 Å². The molecule has 11 heteroatoms. The summed E-state index contributed by atoms with van der Waals surface area (Å²) in [6, 6.07) is 3.10. The number of likely N-dealkylation sites (tertiary alicyclic amines) is 1. The van der Waals surface area contributed by atoms with E-state index in [1.165, 1.54) is 12.5 Å². The van der Waals surface area contributed by atoms with Crippen molar-refractivity contribution in [2.24, 2.45) is 0 Å². The Balaban J connectivity index is 1.21. The minimum absolute atomic E-state index is 0.00417. The molecule has 3 aromatic rings. The van der Waals surface area contributed by atoms with Gasteiger partial charge in [-0.15, -0.1) is 0 Å². The lowest BCUT2D eigenvalue weighted by atomic mass is 10.1. The number of imidazole rings is 1. The molecule has 4 rings (SSSR count). The van der Waals surface area contributed by atoms with Crippen LogP contribution in [0.2, 0.25) is 0 Å². The van der Waals surface area contributed by atoms with Crippen molar-refractivity contribution in [2.45, 2.75) is 37.8 Å². The van der Waals surface area contributed by atoms with Crippen LogP contribution in [0.15, 0.2) is 37.2 Å². The predicted molar refractivity (Wildman–Crippen MR) is 116 cm³/mol. The number of amides is 2. The van der Waals surface area contributed by atoms with Crippen LogP contribution < -0.4 is 11.1 Å². The molecule has 0 aromatic carbocycles. The zero-order valence-corrected chi connectivity index (χ0v) is 17.6. The van der Waals surface area contributed by atoms with Gasteiger partial charge in [-0.2, -0.15) is 0 Å². The molecule has 4 N–H and O–H groups in total. The van der Waals surface area contributed by atoms with Crippen LogP contribution in [0, 0.1) is 0 Å². The molecule has 3 aromatic heterocycles. The molecule has 0 saturated carbocycles. The number of nitrogen functional groups attached to an aromatic ring is 1. The van der Waals surface area contributed by atoms with Crippen molar-refractivity contribution in [1.82, 2.24) is 34.7 Å². The first-order valence-corrected chi connectivity index (χ1v) is 10.6. The van der Waals surface area contributed by atoms with Crippen LogP contribution in [0.25, 0.3) is 11.2 Å². The van der Waals surface area contributed by atoms with E-state index < -0.39 is 6.10 Å². The first-order valence-electron chi connectivity index (χ1n) is 10.6. The highest BCUT2D eigenvalue weighted by Gasteiger charge is 2.35. The summed E-state index contributed by atoms with van der Waals surface area (Å²) in [4.78, 5) is 42.6. The summed E-state index contributed by atoms with van der Waals surface area (Å²) in [6.45, 7) is 1.20. The highest BCUT2D eigenvalue weighted by Crippen LogP contribution is 2.27. The van der Waals surface area contributed by atoms with Gasteiger partial charge in [0, 0.05) is 38.4 Å². The third kappa shape index (κ3) is 4.67. The van der Waals surface area contributed by atoms with Gasteiger partial charge < -0.3 is 25.6 Å². The summed E-state index contributed by atoms with van der Waals surface area (Å²) >= 11 is 0. The smallest absolute Gasteiger partial charge is 0.252 e. The summed E-state index contributed by atoms with van der Waals surface area (Å²) < 4.78 is 1.76. The number of aromatic nitrogens is 5. The Hall–Kier alpha value is -3.60. The molecular weight excluding hydrogens is 412 g/mol. The van der Waals surface area contributed by atoms with Crippen LogP contribution in [-0.4, -0.2) is 72.1 Å². The van der Waals surface area contributed by atoms with Crippen LogP contribution in [0.4, 0.5) is 5.82 Å². The number of carbonyl (C=O) groups excluding carboxylic acids is 2. The van der Waals surface area contributed by atoms with Gasteiger partial charge in [0.1, 0.15) is 11.8 Å². The SMILES string of the molecule is Nc1ncnc2c1ncn2[C@@H]1CN(C(=O)CCCCCNC(=O)c2cccnc2)C[C@H]1O. The molecule has 1 fully saturated rings. The van der Waals surface area contributed by atoms with E-state index in [9.17, 15) is 14.7 Å². The summed E-state index contributed by atoms with van der Waals surface area (Å²) in [5.74, 6) is 0.139. The number of unbranched alkanes of at least 4 members (excludes halogenated alkanes) is 2. The van der Waals surface area contributed by atoms with E-state index in [2.05, 4.69) is 25.3 Å².